The molecule has 0 radical (unpaired) electrons. The first-order chi connectivity index (χ1) is 13.0. The summed E-state index contributed by atoms with van der Waals surface area (Å²) in [6.07, 6.45) is 0.105. The molecule has 27 heavy (non-hydrogen) atoms. The van der Waals surface area contributed by atoms with E-state index < -0.39 is 5.97 Å². The molecule has 0 unspecified atom stereocenters. The van der Waals surface area contributed by atoms with Gasteiger partial charge in [0.25, 0.3) is 0 Å². The zero-order valence-corrected chi connectivity index (χ0v) is 17.0. The fourth-order valence-corrected chi connectivity index (χ4v) is 4.33. The predicted molar refractivity (Wildman–Crippen MR) is 108 cm³/mol. The first-order valence-electron chi connectivity index (χ1n) is 8.11. The lowest BCUT2D eigenvalue weighted by Crippen LogP contribution is -2.14. The highest BCUT2D eigenvalue weighted by Crippen LogP contribution is 2.30. The molecule has 0 aliphatic heterocycles. The van der Waals surface area contributed by atoms with Gasteiger partial charge in [0.1, 0.15) is 9.88 Å². The predicted octanol–water partition coefficient (Wildman–Crippen LogP) is 4.59. The van der Waals surface area contributed by atoms with Crippen molar-refractivity contribution in [2.45, 2.75) is 20.3 Å². The lowest BCUT2D eigenvalue weighted by molar-refractivity contribution is -0.115. The second kappa shape index (κ2) is 8.60. The number of aryl methyl sites for hydroxylation is 1. The summed E-state index contributed by atoms with van der Waals surface area (Å²) in [6.45, 7) is 3.73. The highest BCUT2D eigenvalue weighted by molar-refractivity contribution is 7.17. The van der Waals surface area contributed by atoms with Crippen LogP contribution < -0.4 is 5.32 Å². The Bertz CT molecular complexity index is 984. The number of nitrogens with zero attached hydrogens (tertiary/aromatic N) is 2. The molecule has 1 aromatic carbocycles. The van der Waals surface area contributed by atoms with Crippen molar-refractivity contribution in [1.29, 1.82) is 0 Å². The summed E-state index contributed by atoms with van der Waals surface area (Å²) >= 11 is 8.72. The van der Waals surface area contributed by atoms with Crippen LogP contribution in [0, 0.1) is 6.92 Å². The third-order valence-corrected chi connectivity index (χ3v) is 5.81. The number of benzene rings is 1. The van der Waals surface area contributed by atoms with Crippen LogP contribution in [0.25, 0.3) is 10.6 Å². The number of rotatable bonds is 6. The minimum Gasteiger partial charge on any atom is -0.462 e. The van der Waals surface area contributed by atoms with E-state index in [-0.39, 0.29) is 18.9 Å². The van der Waals surface area contributed by atoms with Crippen LogP contribution in [0.4, 0.5) is 5.13 Å². The summed E-state index contributed by atoms with van der Waals surface area (Å²) in [7, 11) is 0. The van der Waals surface area contributed by atoms with E-state index in [0.717, 1.165) is 21.9 Å². The van der Waals surface area contributed by atoms with Gasteiger partial charge in [-0.1, -0.05) is 41.1 Å². The van der Waals surface area contributed by atoms with Crippen LogP contribution >= 0.6 is 34.3 Å². The van der Waals surface area contributed by atoms with Crippen molar-refractivity contribution in [2.75, 3.05) is 11.9 Å². The molecular weight excluding hydrogens is 406 g/mol. The number of ether oxygens (including phenoxy) is 1. The highest BCUT2D eigenvalue weighted by atomic mass is 35.5. The number of aromatic nitrogens is 2. The molecule has 3 rings (SSSR count). The van der Waals surface area contributed by atoms with E-state index in [9.17, 15) is 9.59 Å². The van der Waals surface area contributed by atoms with E-state index in [4.69, 9.17) is 16.3 Å². The van der Waals surface area contributed by atoms with Crippen LogP contribution in [0.3, 0.4) is 0 Å². The first-order valence-corrected chi connectivity index (χ1v) is 10.2. The Morgan fingerprint density at radius 1 is 1.26 bits per heavy atom. The fourth-order valence-electron chi connectivity index (χ4n) is 2.31. The maximum Gasteiger partial charge on any atom is 0.350 e. The number of hydrogen-bond acceptors (Lipinski definition) is 7. The number of anilines is 1. The average Bonchev–Trinajstić information content (AvgIpc) is 3.22. The topological polar surface area (TPSA) is 81.2 Å². The standard InChI is InChI=1S/C18H16ClN3O3S2/c1-3-25-17(24)15-10(2)20-18(27-15)22-14(23)8-11-9-26-16(21-11)12-6-4-5-7-13(12)19/h4-7,9H,3,8H2,1-2H3,(H,20,22,23). The van der Waals surface area contributed by atoms with E-state index in [1.165, 1.54) is 11.3 Å². The van der Waals surface area contributed by atoms with Gasteiger partial charge in [0, 0.05) is 10.9 Å². The van der Waals surface area contributed by atoms with Crippen LogP contribution in [-0.4, -0.2) is 28.5 Å². The van der Waals surface area contributed by atoms with Crippen molar-refractivity contribution in [3.8, 4) is 10.6 Å². The van der Waals surface area contributed by atoms with Crippen molar-refractivity contribution < 1.29 is 14.3 Å². The maximum absolute atomic E-state index is 12.3. The van der Waals surface area contributed by atoms with Crippen molar-refractivity contribution in [2.24, 2.45) is 0 Å². The van der Waals surface area contributed by atoms with Gasteiger partial charge < -0.3 is 10.1 Å². The third-order valence-electron chi connectivity index (χ3n) is 3.50. The van der Waals surface area contributed by atoms with E-state index in [0.29, 0.717) is 26.4 Å². The number of carbonyl (C=O) groups is 2. The maximum atomic E-state index is 12.3. The van der Waals surface area contributed by atoms with Crippen molar-refractivity contribution in [1.82, 2.24) is 9.97 Å². The Morgan fingerprint density at radius 3 is 2.78 bits per heavy atom. The summed E-state index contributed by atoms with van der Waals surface area (Å²) in [5, 5.41) is 6.28. The molecular formula is C18H16ClN3O3S2. The number of amides is 1. The van der Waals surface area contributed by atoms with Gasteiger partial charge >= 0.3 is 5.97 Å². The van der Waals surface area contributed by atoms with Crippen LogP contribution in [0.5, 0.6) is 0 Å². The smallest absolute Gasteiger partial charge is 0.350 e. The molecule has 1 amide bonds. The second-order valence-corrected chi connectivity index (χ2v) is 7.77. The lowest BCUT2D eigenvalue weighted by atomic mass is 10.2. The summed E-state index contributed by atoms with van der Waals surface area (Å²) in [5.41, 5.74) is 2.01. The Kier molecular flexibility index (Phi) is 6.20. The van der Waals surface area contributed by atoms with E-state index >= 15 is 0 Å². The normalized spacial score (nSPS) is 10.6. The number of esters is 1. The van der Waals surface area contributed by atoms with Gasteiger partial charge in [0.15, 0.2) is 5.13 Å². The van der Waals surface area contributed by atoms with Crippen LogP contribution in [0.1, 0.15) is 28.0 Å². The molecule has 0 atom stereocenters. The summed E-state index contributed by atoms with van der Waals surface area (Å²) in [5.74, 6) is -0.688. The van der Waals surface area contributed by atoms with Gasteiger partial charge in [-0.3, -0.25) is 4.79 Å². The van der Waals surface area contributed by atoms with Crippen molar-refractivity contribution in [3.05, 3.63) is 50.9 Å². The van der Waals surface area contributed by atoms with Gasteiger partial charge in [-0.25, -0.2) is 14.8 Å². The molecule has 0 spiro atoms. The Hall–Kier alpha value is -2.29. The van der Waals surface area contributed by atoms with Gasteiger partial charge in [-0.15, -0.1) is 11.3 Å². The van der Waals surface area contributed by atoms with Crippen LogP contribution in [0.2, 0.25) is 5.02 Å². The van der Waals surface area contributed by atoms with Gasteiger partial charge in [-0.2, -0.15) is 0 Å². The molecule has 6 nitrogen and oxygen atoms in total. The molecule has 2 aromatic heterocycles. The highest BCUT2D eigenvalue weighted by Gasteiger charge is 2.18. The average molecular weight is 422 g/mol. The van der Waals surface area contributed by atoms with Gasteiger partial charge in [0.2, 0.25) is 5.91 Å². The molecule has 3 aromatic rings. The van der Waals surface area contributed by atoms with E-state index in [2.05, 4.69) is 15.3 Å². The number of nitrogens with one attached hydrogen (secondary N) is 1. The minimum atomic E-state index is -0.433. The number of carbonyl (C=O) groups excluding carboxylic acids is 2. The summed E-state index contributed by atoms with van der Waals surface area (Å²) in [6, 6.07) is 7.44. The fraction of sp³-hybridized carbons (Fsp3) is 0.222. The Morgan fingerprint density at radius 2 is 2.04 bits per heavy atom. The molecule has 2 heterocycles. The van der Waals surface area contributed by atoms with Crippen LogP contribution in [-0.2, 0) is 16.0 Å². The Balaban J connectivity index is 1.66. The molecule has 0 saturated carbocycles. The molecule has 0 saturated heterocycles. The molecule has 0 bridgehead atoms. The molecule has 140 valence electrons. The lowest BCUT2D eigenvalue weighted by Gasteiger charge is -2.00. The minimum absolute atomic E-state index is 0.105. The summed E-state index contributed by atoms with van der Waals surface area (Å²) in [4.78, 5) is 33.2. The number of hydrogen-bond donors (Lipinski definition) is 1. The van der Waals surface area contributed by atoms with Crippen LogP contribution in [0.15, 0.2) is 29.6 Å². The number of halogens is 1. The summed E-state index contributed by atoms with van der Waals surface area (Å²) < 4.78 is 4.98. The van der Waals surface area contributed by atoms with E-state index in [1.807, 2.05) is 23.6 Å². The largest absolute Gasteiger partial charge is 0.462 e. The molecule has 9 heteroatoms. The third kappa shape index (κ3) is 4.71. The Labute approximate surface area is 169 Å². The molecule has 1 N–H and O–H groups in total. The monoisotopic (exact) mass is 421 g/mol. The first kappa shape index (κ1) is 19.5. The SMILES string of the molecule is CCOC(=O)c1sc(NC(=O)Cc2csc(-c3ccccc3Cl)n2)nc1C. The van der Waals surface area contributed by atoms with Gasteiger partial charge in [0.05, 0.1) is 29.4 Å². The van der Waals surface area contributed by atoms with Crippen molar-refractivity contribution in [3.63, 3.8) is 0 Å². The molecule has 0 aliphatic rings. The van der Waals surface area contributed by atoms with E-state index in [1.54, 1.807) is 19.9 Å². The quantitative estimate of drug-likeness (QED) is 0.589. The zero-order chi connectivity index (χ0) is 19.4. The van der Waals surface area contributed by atoms with Gasteiger partial charge in [-0.05, 0) is 19.9 Å². The molecule has 0 fully saturated rings. The molecule has 0 aliphatic carbocycles. The second-order valence-electron chi connectivity index (χ2n) is 5.50. The zero-order valence-electron chi connectivity index (χ0n) is 14.6. The number of thiazole rings is 2. The van der Waals surface area contributed by atoms with Crippen molar-refractivity contribution >= 4 is 51.3 Å².